The van der Waals surface area contributed by atoms with Gasteiger partial charge in [-0.2, -0.15) is 0 Å². The summed E-state index contributed by atoms with van der Waals surface area (Å²) in [5.41, 5.74) is 2.06. The molecule has 7 heteroatoms. The third kappa shape index (κ3) is 4.75. The number of piperidine rings is 1. The minimum Gasteiger partial charge on any atom is -0.372 e. The van der Waals surface area contributed by atoms with E-state index in [0.717, 1.165) is 36.4 Å². The third-order valence-corrected chi connectivity index (χ3v) is 5.53. The highest BCUT2D eigenvalue weighted by Crippen LogP contribution is 2.24. The summed E-state index contributed by atoms with van der Waals surface area (Å²) in [5.74, 6) is 1.12. The van der Waals surface area contributed by atoms with Crippen molar-refractivity contribution in [2.24, 2.45) is 5.92 Å². The largest absolute Gasteiger partial charge is 0.372 e. The van der Waals surface area contributed by atoms with Crippen LogP contribution in [-0.2, 0) is 11.3 Å². The summed E-state index contributed by atoms with van der Waals surface area (Å²) in [6.07, 6.45) is 4.18. The van der Waals surface area contributed by atoms with Gasteiger partial charge in [-0.3, -0.25) is 4.79 Å². The maximum absolute atomic E-state index is 12.1. The molecule has 0 radical (unpaired) electrons. The summed E-state index contributed by atoms with van der Waals surface area (Å²) >= 11 is 1.40. The number of aromatic nitrogens is 3. The van der Waals surface area contributed by atoms with Crippen molar-refractivity contribution in [2.45, 2.75) is 38.4 Å². The maximum atomic E-state index is 12.1. The number of hydrogen-bond donors (Lipinski definition) is 1. The Hall–Kier alpha value is -2.02. The first kappa shape index (κ1) is 17.8. The number of hydrogen-bond acceptors (Lipinski definition) is 5. The Bertz CT molecular complexity index is 692. The van der Waals surface area contributed by atoms with Gasteiger partial charge in [-0.15, -0.1) is 10.2 Å². The second-order valence-electron chi connectivity index (χ2n) is 6.45. The SMILES string of the molecule is CCn1cnnc1SCC(=O)Nc1ccc(N2CCC(C)CC2)cc1. The normalized spacial score (nSPS) is 15.4. The van der Waals surface area contributed by atoms with E-state index < -0.39 is 0 Å². The highest BCUT2D eigenvalue weighted by Gasteiger charge is 2.16. The molecule has 0 saturated carbocycles. The van der Waals surface area contributed by atoms with Gasteiger partial charge in [0.2, 0.25) is 5.91 Å². The molecule has 6 nitrogen and oxygen atoms in total. The monoisotopic (exact) mass is 359 g/mol. The average molecular weight is 359 g/mol. The van der Waals surface area contributed by atoms with Gasteiger partial charge >= 0.3 is 0 Å². The van der Waals surface area contributed by atoms with E-state index >= 15 is 0 Å². The number of nitrogens with zero attached hydrogens (tertiary/aromatic N) is 4. The van der Waals surface area contributed by atoms with Crippen LogP contribution >= 0.6 is 11.8 Å². The molecule has 1 aliphatic rings. The quantitative estimate of drug-likeness (QED) is 0.802. The molecular formula is C18H25N5OS. The molecule has 1 amide bonds. The predicted octanol–water partition coefficient (Wildman–Crippen LogP) is 3.27. The Morgan fingerprint density at radius 3 is 2.68 bits per heavy atom. The smallest absolute Gasteiger partial charge is 0.234 e. The van der Waals surface area contributed by atoms with E-state index in [0.29, 0.717) is 5.75 Å². The first-order valence-corrected chi connectivity index (χ1v) is 9.79. The zero-order chi connectivity index (χ0) is 17.6. The van der Waals surface area contributed by atoms with Gasteiger partial charge in [-0.1, -0.05) is 18.7 Å². The Kier molecular flexibility index (Phi) is 5.96. The van der Waals surface area contributed by atoms with E-state index in [9.17, 15) is 4.79 Å². The number of carbonyl (C=O) groups excluding carboxylic acids is 1. The lowest BCUT2D eigenvalue weighted by atomic mass is 9.99. The topological polar surface area (TPSA) is 63.1 Å². The molecule has 0 spiro atoms. The van der Waals surface area contributed by atoms with E-state index in [1.165, 1.54) is 30.3 Å². The molecule has 2 heterocycles. The van der Waals surface area contributed by atoms with Crippen molar-refractivity contribution >= 4 is 29.0 Å². The van der Waals surface area contributed by atoms with Crippen LogP contribution in [0.2, 0.25) is 0 Å². The molecule has 0 unspecified atom stereocenters. The van der Waals surface area contributed by atoms with Crippen molar-refractivity contribution in [3.63, 3.8) is 0 Å². The van der Waals surface area contributed by atoms with Crippen LogP contribution in [0.3, 0.4) is 0 Å². The molecule has 1 aromatic carbocycles. The van der Waals surface area contributed by atoms with Gasteiger partial charge in [0.15, 0.2) is 5.16 Å². The fraction of sp³-hybridized carbons (Fsp3) is 0.500. The van der Waals surface area contributed by atoms with Gasteiger partial charge < -0.3 is 14.8 Å². The van der Waals surface area contributed by atoms with Crippen LogP contribution in [0.5, 0.6) is 0 Å². The van der Waals surface area contributed by atoms with Crippen LogP contribution in [0.15, 0.2) is 35.7 Å². The Morgan fingerprint density at radius 2 is 2.00 bits per heavy atom. The number of thioether (sulfide) groups is 1. The van der Waals surface area contributed by atoms with Crippen LogP contribution in [-0.4, -0.2) is 39.5 Å². The minimum atomic E-state index is -0.0322. The van der Waals surface area contributed by atoms with Gasteiger partial charge in [-0.05, 0) is 49.9 Å². The predicted molar refractivity (Wildman–Crippen MR) is 102 cm³/mol. The fourth-order valence-electron chi connectivity index (χ4n) is 2.92. The van der Waals surface area contributed by atoms with Crippen molar-refractivity contribution in [1.82, 2.24) is 14.8 Å². The Morgan fingerprint density at radius 1 is 1.28 bits per heavy atom. The molecule has 2 aromatic rings. The number of amides is 1. The molecule has 1 aromatic heterocycles. The van der Waals surface area contributed by atoms with Crippen LogP contribution in [0.4, 0.5) is 11.4 Å². The van der Waals surface area contributed by atoms with Gasteiger partial charge in [0, 0.05) is 31.0 Å². The molecule has 1 N–H and O–H groups in total. The highest BCUT2D eigenvalue weighted by molar-refractivity contribution is 7.99. The Balaban J connectivity index is 1.50. The van der Waals surface area contributed by atoms with Gasteiger partial charge in [-0.25, -0.2) is 0 Å². The van der Waals surface area contributed by atoms with Crippen molar-refractivity contribution < 1.29 is 4.79 Å². The number of anilines is 2. The van der Waals surface area contributed by atoms with Crippen LogP contribution < -0.4 is 10.2 Å². The molecule has 134 valence electrons. The average Bonchev–Trinajstić information content (AvgIpc) is 3.09. The summed E-state index contributed by atoms with van der Waals surface area (Å²) in [6, 6.07) is 8.13. The zero-order valence-electron chi connectivity index (χ0n) is 14.8. The maximum Gasteiger partial charge on any atom is 0.234 e. The summed E-state index contributed by atoms with van der Waals surface area (Å²) in [7, 11) is 0. The summed E-state index contributed by atoms with van der Waals surface area (Å²) < 4.78 is 1.92. The Labute approximate surface area is 153 Å². The van der Waals surface area contributed by atoms with Crippen LogP contribution in [0.25, 0.3) is 0 Å². The highest BCUT2D eigenvalue weighted by atomic mass is 32.2. The molecule has 1 saturated heterocycles. The zero-order valence-corrected chi connectivity index (χ0v) is 15.6. The summed E-state index contributed by atoms with van der Waals surface area (Å²) in [4.78, 5) is 14.5. The molecule has 3 rings (SSSR count). The first-order chi connectivity index (χ1) is 12.2. The van der Waals surface area contributed by atoms with Crippen molar-refractivity contribution in [2.75, 3.05) is 29.1 Å². The number of benzene rings is 1. The number of nitrogens with one attached hydrogen (secondary N) is 1. The molecule has 1 aliphatic heterocycles. The lowest BCUT2D eigenvalue weighted by molar-refractivity contribution is -0.113. The fourth-order valence-corrected chi connectivity index (χ4v) is 3.70. The van der Waals surface area contributed by atoms with E-state index in [1.54, 1.807) is 6.33 Å². The molecule has 0 aliphatic carbocycles. The first-order valence-electron chi connectivity index (χ1n) is 8.81. The number of aryl methyl sites for hydroxylation is 1. The second-order valence-corrected chi connectivity index (χ2v) is 7.40. The van der Waals surface area contributed by atoms with Crippen molar-refractivity contribution in [3.05, 3.63) is 30.6 Å². The van der Waals surface area contributed by atoms with E-state index in [2.05, 4.69) is 39.5 Å². The molecule has 25 heavy (non-hydrogen) atoms. The number of carbonyl (C=O) groups is 1. The standard InChI is InChI=1S/C18H25N5OS/c1-3-22-13-19-21-18(22)25-12-17(24)20-15-4-6-16(7-5-15)23-10-8-14(2)9-11-23/h4-7,13-14H,3,8-12H2,1-2H3,(H,20,24). The molecule has 1 fully saturated rings. The van der Waals surface area contributed by atoms with Crippen molar-refractivity contribution in [3.8, 4) is 0 Å². The lowest BCUT2D eigenvalue weighted by Gasteiger charge is -2.32. The third-order valence-electron chi connectivity index (χ3n) is 4.55. The van der Waals surface area contributed by atoms with E-state index in [4.69, 9.17) is 0 Å². The van der Waals surface area contributed by atoms with Crippen LogP contribution in [0, 0.1) is 5.92 Å². The number of rotatable bonds is 6. The van der Waals surface area contributed by atoms with E-state index in [1.807, 2.05) is 23.6 Å². The summed E-state index contributed by atoms with van der Waals surface area (Å²) in [5, 5.41) is 11.6. The lowest BCUT2D eigenvalue weighted by Crippen LogP contribution is -2.32. The van der Waals surface area contributed by atoms with Gasteiger partial charge in [0.05, 0.1) is 5.75 Å². The van der Waals surface area contributed by atoms with E-state index in [-0.39, 0.29) is 5.91 Å². The molecule has 0 bridgehead atoms. The van der Waals surface area contributed by atoms with Crippen LogP contribution in [0.1, 0.15) is 26.7 Å². The van der Waals surface area contributed by atoms with Gasteiger partial charge in [0.25, 0.3) is 0 Å². The minimum absolute atomic E-state index is 0.0322. The van der Waals surface area contributed by atoms with Crippen molar-refractivity contribution in [1.29, 1.82) is 0 Å². The second kappa shape index (κ2) is 8.38. The van der Waals surface area contributed by atoms with Gasteiger partial charge in [0.1, 0.15) is 6.33 Å². The summed E-state index contributed by atoms with van der Waals surface area (Å²) in [6.45, 7) is 7.37. The molecule has 0 atom stereocenters. The molecular weight excluding hydrogens is 334 g/mol.